The van der Waals surface area contributed by atoms with E-state index in [2.05, 4.69) is 58.9 Å². The number of hydrogen-bond acceptors (Lipinski definition) is 1. The van der Waals surface area contributed by atoms with E-state index in [9.17, 15) is 0 Å². The molecule has 2 rings (SSSR count). The van der Waals surface area contributed by atoms with E-state index in [4.69, 9.17) is 4.74 Å². The van der Waals surface area contributed by atoms with Gasteiger partial charge >= 0.3 is 0 Å². The van der Waals surface area contributed by atoms with Gasteiger partial charge in [-0.25, -0.2) is 0 Å². The van der Waals surface area contributed by atoms with E-state index >= 15 is 0 Å². The monoisotopic (exact) mass is 260 g/mol. The Balaban J connectivity index is 1.99. The van der Waals surface area contributed by atoms with Gasteiger partial charge in [0.15, 0.2) is 0 Å². The Morgan fingerprint density at radius 1 is 0.895 bits per heavy atom. The number of hydrogen-bond donors (Lipinski definition) is 0. The molecular weight excluding hydrogens is 232 g/mol. The van der Waals surface area contributed by atoms with Crippen LogP contribution in [0.5, 0.6) is 5.75 Å². The van der Waals surface area contributed by atoms with Crippen molar-refractivity contribution in [2.75, 3.05) is 0 Å². The molecule has 0 bridgehead atoms. The maximum absolute atomic E-state index is 6.16. The first kappa shape index (κ1) is 14.4. The van der Waals surface area contributed by atoms with Gasteiger partial charge in [0.2, 0.25) is 0 Å². The van der Waals surface area contributed by atoms with Crippen LogP contribution < -0.4 is 4.74 Å². The second-order valence-electron chi connectivity index (χ2n) is 7.43. The molecule has 1 aliphatic rings. The minimum absolute atomic E-state index is 0.215. The van der Waals surface area contributed by atoms with Crippen molar-refractivity contribution in [1.29, 1.82) is 0 Å². The van der Waals surface area contributed by atoms with E-state index in [1.165, 1.54) is 24.8 Å². The van der Waals surface area contributed by atoms with Crippen LogP contribution in [0.25, 0.3) is 0 Å². The van der Waals surface area contributed by atoms with Crippen molar-refractivity contribution in [1.82, 2.24) is 0 Å². The zero-order valence-electron chi connectivity index (χ0n) is 13.1. The summed E-state index contributed by atoms with van der Waals surface area (Å²) in [6.45, 7) is 11.4. The Kier molecular flexibility index (Phi) is 4.23. The molecule has 0 aromatic heterocycles. The normalized spacial score (nSPS) is 28.2. The first-order valence-electron chi connectivity index (χ1n) is 7.62. The standard InChI is InChI=1S/C18H28O/c1-13-10-14(2)12-17(11-13)19-16-8-6-15(7-9-16)18(3,4)5/h6-9,13-14,17H,10-12H2,1-5H3. The van der Waals surface area contributed by atoms with Crippen molar-refractivity contribution in [2.45, 2.75) is 65.4 Å². The molecule has 0 spiro atoms. The zero-order chi connectivity index (χ0) is 14.0. The van der Waals surface area contributed by atoms with Gasteiger partial charge in [0.05, 0.1) is 6.10 Å². The summed E-state index contributed by atoms with van der Waals surface area (Å²) in [6.07, 6.45) is 4.15. The average molecular weight is 260 g/mol. The molecule has 1 fully saturated rings. The Bertz CT molecular complexity index is 389. The Morgan fingerprint density at radius 3 is 1.89 bits per heavy atom. The van der Waals surface area contributed by atoms with Crippen molar-refractivity contribution in [3.8, 4) is 5.75 Å². The van der Waals surface area contributed by atoms with Gasteiger partial charge in [0.1, 0.15) is 5.75 Å². The van der Waals surface area contributed by atoms with Gasteiger partial charge in [0, 0.05) is 0 Å². The quantitative estimate of drug-likeness (QED) is 0.711. The third-order valence-electron chi connectivity index (χ3n) is 4.16. The first-order valence-corrected chi connectivity index (χ1v) is 7.62. The summed E-state index contributed by atoms with van der Waals surface area (Å²) in [7, 11) is 0. The van der Waals surface area contributed by atoms with Gasteiger partial charge in [-0.15, -0.1) is 0 Å². The van der Waals surface area contributed by atoms with E-state index in [0.717, 1.165) is 17.6 Å². The van der Waals surface area contributed by atoms with E-state index in [1.54, 1.807) is 0 Å². The second-order valence-corrected chi connectivity index (χ2v) is 7.43. The summed E-state index contributed by atoms with van der Waals surface area (Å²) in [4.78, 5) is 0. The number of benzene rings is 1. The summed E-state index contributed by atoms with van der Waals surface area (Å²) < 4.78 is 6.16. The van der Waals surface area contributed by atoms with Gasteiger partial charge in [0.25, 0.3) is 0 Å². The molecule has 0 radical (unpaired) electrons. The molecule has 106 valence electrons. The van der Waals surface area contributed by atoms with Crippen LogP contribution in [0.2, 0.25) is 0 Å². The highest BCUT2D eigenvalue weighted by atomic mass is 16.5. The molecular formula is C18H28O. The fourth-order valence-electron chi connectivity index (χ4n) is 3.20. The Hall–Kier alpha value is -0.980. The molecule has 1 nitrogen and oxygen atoms in total. The van der Waals surface area contributed by atoms with Crippen LogP contribution in [-0.4, -0.2) is 6.10 Å². The lowest BCUT2D eigenvalue weighted by Gasteiger charge is -2.31. The summed E-state index contributed by atoms with van der Waals surface area (Å²) in [5.41, 5.74) is 1.58. The van der Waals surface area contributed by atoms with E-state index in [1.807, 2.05) is 0 Å². The van der Waals surface area contributed by atoms with Crippen molar-refractivity contribution in [3.63, 3.8) is 0 Å². The van der Waals surface area contributed by atoms with Crippen LogP contribution in [-0.2, 0) is 5.41 Å². The highest BCUT2D eigenvalue weighted by Gasteiger charge is 2.25. The molecule has 0 aliphatic heterocycles. The highest BCUT2D eigenvalue weighted by molar-refractivity contribution is 5.31. The van der Waals surface area contributed by atoms with Crippen LogP contribution in [0.15, 0.2) is 24.3 Å². The fraction of sp³-hybridized carbons (Fsp3) is 0.667. The van der Waals surface area contributed by atoms with Crippen molar-refractivity contribution in [3.05, 3.63) is 29.8 Å². The molecule has 1 aromatic rings. The van der Waals surface area contributed by atoms with Gasteiger partial charge in [-0.1, -0.05) is 46.8 Å². The van der Waals surface area contributed by atoms with Crippen molar-refractivity contribution >= 4 is 0 Å². The number of ether oxygens (including phenoxy) is 1. The molecule has 0 saturated heterocycles. The SMILES string of the molecule is CC1CC(C)CC(Oc2ccc(C(C)(C)C)cc2)C1. The minimum Gasteiger partial charge on any atom is -0.490 e. The summed E-state index contributed by atoms with van der Waals surface area (Å²) >= 11 is 0. The molecule has 1 aliphatic carbocycles. The molecule has 2 unspecified atom stereocenters. The van der Waals surface area contributed by atoms with Gasteiger partial charge < -0.3 is 4.74 Å². The zero-order valence-corrected chi connectivity index (χ0v) is 13.1. The summed E-state index contributed by atoms with van der Waals surface area (Å²) in [5.74, 6) is 2.62. The average Bonchev–Trinajstić information content (AvgIpc) is 2.26. The minimum atomic E-state index is 0.215. The summed E-state index contributed by atoms with van der Waals surface area (Å²) in [6, 6.07) is 8.66. The smallest absolute Gasteiger partial charge is 0.119 e. The first-order chi connectivity index (χ1) is 8.84. The van der Waals surface area contributed by atoms with E-state index in [0.29, 0.717) is 6.10 Å². The fourth-order valence-corrected chi connectivity index (χ4v) is 3.20. The maximum Gasteiger partial charge on any atom is 0.119 e. The maximum atomic E-state index is 6.16. The predicted octanol–water partition coefficient (Wildman–Crippen LogP) is 5.19. The molecule has 1 heteroatoms. The Labute approximate surface area is 118 Å². The van der Waals surface area contributed by atoms with Gasteiger partial charge in [-0.3, -0.25) is 0 Å². The lowest BCUT2D eigenvalue weighted by atomic mass is 9.82. The van der Waals surface area contributed by atoms with Crippen LogP contribution in [0.1, 0.15) is 59.4 Å². The second kappa shape index (κ2) is 5.56. The van der Waals surface area contributed by atoms with Crippen LogP contribution >= 0.6 is 0 Å². The van der Waals surface area contributed by atoms with Crippen molar-refractivity contribution < 1.29 is 4.74 Å². The largest absolute Gasteiger partial charge is 0.490 e. The third kappa shape index (κ3) is 3.99. The summed E-state index contributed by atoms with van der Waals surface area (Å²) in [5, 5.41) is 0. The topological polar surface area (TPSA) is 9.23 Å². The van der Waals surface area contributed by atoms with Crippen molar-refractivity contribution in [2.24, 2.45) is 11.8 Å². The third-order valence-corrected chi connectivity index (χ3v) is 4.16. The molecule has 0 amide bonds. The van der Waals surface area contributed by atoms with Crippen LogP contribution in [0, 0.1) is 11.8 Å². The lowest BCUT2D eigenvalue weighted by molar-refractivity contribution is 0.101. The van der Waals surface area contributed by atoms with E-state index in [-0.39, 0.29) is 5.41 Å². The van der Waals surface area contributed by atoms with Gasteiger partial charge in [-0.2, -0.15) is 0 Å². The molecule has 1 aromatic carbocycles. The van der Waals surface area contributed by atoms with Gasteiger partial charge in [-0.05, 0) is 54.2 Å². The van der Waals surface area contributed by atoms with Crippen LogP contribution in [0.4, 0.5) is 0 Å². The molecule has 1 saturated carbocycles. The highest BCUT2D eigenvalue weighted by Crippen LogP contribution is 2.32. The molecule has 0 N–H and O–H groups in total. The lowest BCUT2D eigenvalue weighted by Crippen LogP contribution is -2.28. The molecule has 0 heterocycles. The predicted molar refractivity (Wildman–Crippen MR) is 81.7 cm³/mol. The van der Waals surface area contributed by atoms with Crippen LogP contribution in [0.3, 0.4) is 0 Å². The van der Waals surface area contributed by atoms with E-state index < -0.39 is 0 Å². The number of rotatable bonds is 2. The Morgan fingerprint density at radius 2 is 1.42 bits per heavy atom. The molecule has 19 heavy (non-hydrogen) atoms. The molecule has 2 atom stereocenters.